The molecule has 2 aliphatic heterocycles. The number of rotatable bonds is 5. The highest BCUT2D eigenvalue weighted by Gasteiger charge is 2.41. The van der Waals surface area contributed by atoms with Crippen molar-refractivity contribution in [3.05, 3.63) is 41.5 Å². The summed E-state index contributed by atoms with van der Waals surface area (Å²) in [5.74, 6) is 1.65. The van der Waals surface area contributed by atoms with Crippen molar-refractivity contribution in [2.45, 2.75) is 52.2 Å². The number of hydrogen-bond donors (Lipinski definition) is 2. The first-order valence-electron chi connectivity index (χ1n) is 10.5. The Morgan fingerprint density at radius 2 is 2.17 bits per heavy atom. The summed E-state index contributed by atoms with van der Waals surface area (Å²) >= 11 is 0. The summed E-state index contributed by atoms with van der Waals surface area (Å²) < 4.78 is 16.6. The van der Waals surface area contributed by atoms with E-state index in [1.807, 2.05) is 6.07 Å². The summed E-state index contributed by atoms with van der Waals surface area (Å²) in [5, 5.41) is 4.97. The number of allylic oxidation sites excluding steroid dienone is 1. The molecule has 1 fully saturated rings. The number of carbonyl (C=O) groups excluding carboxylic acids is 1. The maximum absolute atomic E-state index is 11.6. The predicted molar refractivity (Wildman–Crippen MR) is 112 cm³/mol. The van der Waals surface area contributed by atoms with Crippen LogP contribution >= 0.6 is 0 Å². The van der Waals surface area contributed by atoms with Crippen LogP contribution in [0.2, 0.25) is 0 Å². The standard InChI is InChI=1S/C23H30N2O4/c1-5-6-17-16-8-7-15(27-4)9-20(16)25-23(17)21-10-18-19(11-24-21)13(2)28-12-22(18)29-14(3)26/h7-9,12-13,18-19,21,24-25H,5-6,10-11H2,1-4H3/t13-,18+,19-,21+/m1/s1. The molecule has 2 aliphatic rings. The van der Waals surface area contributed by atoms with Gasteiger partial charge < -0.3 is 24.5 Å². The first-order chi connectivity index (χ1) is 14.0. The molecule has 0 saturated carbocycles. The molecule has 0 radical (unpaired) electrons. The number of aromatic amines is 1. The second-order valence-corrected chi connectivity index (χ2v) is 8.10. The Morgan fingerprint density at radius 1 is 1.34 bits per heavy atom. The molecule has 0 spiro atoms. The number of ether oxygens (including phenoxy) is 3. The Hall–Kier alpha value is -2.47. The highest BCUT2D eigenvalue weighted by atomic mass is 16.6. The molecule has 1 aromatic heterocycles. The fourth-order valence-electron chi connectivity index (χ4n) is 4.80. The van der Waals surface area contributed by atoms with Gasteiger partial charge in [0.15, 0.2) is 0 Å². The molecule has 29 heavy (non-hydrogen) atoms. The Morgan fingerprint density at radius 3 is 2.90 bits per heavy atom. The number of aryl methyl sites for hydroxylation is 1. The Balaban J connectivity index is 1.69. The minimum atomic E-state index is -0.299. The number of methoxy groups -OCH3 is 1. The van der Waals surface area contributed by atoms with Crippen LogP contribution in [-0.2, 0) is 20.7 Å². The van der Waals surface area contributed by atoms with Crippen LogP contribution in [0.3, 0.4) is 0 Å². The third kappa shape index (κ3) is 3.73. The molecule has 2 N–H and O–H groups in total. The monoisotopic (exact) mass is 398 g/mol. The first-order valence-corrected chi connectivity index (χ1v) is 10.5. The highest BCUT2D eigenvalue weighted by molar-refractivity contribution is 5.86. The van der Waals surface area contributed by atoms with Gasteiger partial charge in [0.25, 0.3) is 0 Å². The van der Waals surface area contributed by atoms with E-state index in [9.17, 15) is 4.79 Å². The molecular formula is C23H30N2O4. The summed E-state index contributed by atoms with van der Waals surface area (Å²) in [7, 11) is 1.69. The number of aromatic nitrogens is 1. The molecule has 4 atom stereocenters. The van der Waals surface area contributed by atoms with Gasteiger partial charge >= 0.3 is 5.97 Å². The van der Waals surface area contributed by atoms with Crippen LogP contribution in [0, 0.1) is 11.8 Å². The van der Waals surface area contributed by atoms with Gasteiger partial charge in [0.1, 0.15) is 17.8 Å². The third-order valence-corrected chi connectivity index (χ3v) is 6.23. The molecule has 0 bridgehead atoms. The van der Waals surface area contributed by atoms with Gasteiger partial charge in [-0.2, -0.15) is 0 Å². The third-order valence-electron chi connectivity index (χ3n) is 6.23. The van der Waals surface area contributed by atoms with E-state index in [0.29, 0.717) is 5.76 Å². The van der Waals surface area contributed by atoms with Crippen molar-refractivity contribution in [2.75, 3.05) is 13.7 Å². The number of piperidine rings is 1. The topological polar surface area (TPSA) is 72.6 Å². The molecule has 2 aromatic rings. The van der Waals surface area contributed by atoms with Gasteiger partial charge in [0.2, 0.25) is 0 Å². The van der Waals surface area contributed by atoms with Crippen molar-refractivity contribution in [1.82, 2.24) is 10.3 Å². The van der Waals surface area contributed by atoms with E-state index < -0.39 is 0 Å². The molecule has 0 unspecified atom stereocenters. The predicted octanol–water partition coefficient (Wildman–Crippen LogP) is 4.22. The lowest BCUT2D eigenvalue weighted by Gasteiger charge is -2.42. The number of carbonyl (C=O) groups is 1. The molecule has 0 aliphatic carbocycles. The minimum Gasteiger partial charge on any atom is -0.497 e. The Kier molecular flexibility index (Phi) is 5.54. The quantitative estimate of drug-likeness (QED) is 0.738. The number of benzene rings is 1. The average Bonchev–Trinajstić information content (AvgIpc) is 3.07. The second-order valence-electron chi connectivity index (χ2n) is 8.10. The van der Waals surface area contributed by atoms with Crippen LogP contribution < -0.4 is 10.1 Å². The zero-order valence-electron chi connectivity index (χ0n) is 17.6. The van der Waals surface area contributed by atoms with Gasteiger partial charge in [-0.05, 0) is 37.5 Å². The molecule has 1 aromatic carbocycles. The van der Waals surface area contributed by atoms with Crippen molar-refractivity contribution in [3.63, 3.8) is 0 Å². The Bertz CT molecular complexity index is 932. The van der Waals surface area contributed by atoms with Gasteiger partial charge in [-0.3, -0.25) is 4.79 Å². The summed E-state index contributed by atoms with van der Waals surface area (Å²) in [6, 6.07) is 6.39. The minimum absolute atomic E-state index is 0.0924. The zero-order valence-corrected chi connectivity index (χ0v) is 17.6. The van der Waals surface area contributed by atoms with Crippen LogP contribution in [-0.4, -0.2) is 30.7 Å². The maximum atomic E-state index is 11.6. The summed E-state index contributed by atoms with van der Waals surface area (Å²) in [4.78, 5) is 15.2. The number of hydrogen-bond acceptors (Lipinski definition) is 5. The molecule has 1 saturated heterocycles. The van der Waals surface area contributed by atoms with E-state index in [-0.39, 0.29) is 30.0 Å². The summed E-state index contributed by atoms with van der Waals surface area (Å²) in [6.07, 6.45) is 4.68. The van der Waals surface area contributed by atoms with Gasteiger partial charge in [-0.15, -0.1) is 0 Å². The molecule has 4 rings (SSSR count). The van der Waals surface area contributed by atoms with Crippen molar-refractivity contribution in [3.8, 4) is 5.75 Å². The van der Waals surface area contributed by atoms with Crippen molar-refractivity contribution in [2.24, 2.45) is 11.8 Å². The average molecular weight is 399 g/mol. The summed E-state index contributed by atoms with van der Waals surface area (Å²) in [5.41, 5.74) is 3.69. The molecular weight excluding hydrogens is 368 g/mol. The van der Waals surface area contributed by atoms with Gasteiger partial charge in [0, 0.05) is 54.0 Å². The molecule has 6 nitrogen and oxygen atoms in total. The molecule has 0 amide bonds. The van der Waals surface area contributed by atoms with E-state index in [0.717, 1.165) is 37.1 Å². The van der Waals surface area contributed by atoms with E-state index in [1.54, 1.807) is 13.4 Å². The van der Waals surface area contributed by atoms with Crippen LogP contribution in [0.15, 0.2) is 30.2 Å². The van der Waals surface area contributed by atoms with Gasteiger partial charge in [-0.25, -0.2) is 0 Å². The van der Waals surface area contributed by atoms with E-state index in [2.05, 4.69) is 36.3 Å². The van der Waals surface area contributed by atoms with Crippen LogP contribution in [0.4, 0.5) is 0 Å². The second kappa shape index (κ2) is 8.11. The SMILES string of the molecule is CCCc1c([C@@H]2C[C@@H]3C(OC(C)=O)=CO[C@H](C)[C@H]3CN2)[nH]c2cc(OC)ccc12. The lowest BCUT2D eigenvalue weighted by atomic mass is 9.77. The normalized spacial score (nSPS) is 26.4. The zero-order chi connectivity index (χ0) is 20.5. The van der Waals surface area contributed by atoms with E-state index in [1.165, 1.54) is 23.6 Å². The van der Waals surface area contributed by atoms with Gasteiger partial charge in [-0.1, -0.05) is 13.3 Å². The first kappa shape index (κ1) is 19.8. The van der Waals surface area contributed by atoms with Crippen LogP contribution in [0.5, 0.6) is 5.75 Å². The van der Waals surface area contributed by atoms with Crippen molar-refractivity contribution in [1.29, 1.82) is 0 Å². The largest absolute Gasteiger partial charge is 0.497 e. The van der Waals surface area contributed by atoms with Crippen LogP contribution in [0.1, 0.15) is 50.9 Å². The number of H-pyrrole nitrogens is 1. The van der Waals surface area contributed by atoms with Crippen molar-refractivity contribution < 1.29 is 19.0 Å². The number of esters is 1. The number of nitrogens with one attached hydrogen (secondary N) is 2. The van der Waals surface area contributed by atoms with E-state index in [4.69, 9.17) is 14.2 Å². The molecule has 6 heteroatoms. The Labute approximate surface area is 171 Å². The van der Waals surface area contributed by atoms with Gasteiger partial charge in [0.05, 0.1) is 13.2 Å². The lowest BCUT2D eigenvalue weighted by molar-refractivity contribution is -0.140. The fraction of sp³-hybridized carbons (Fsp3) is 0.522. The molecule has 156 valence electrons. The highest BCUT2D eigenvalue weighted by Crippen LogP contribution is 2.42. The van der Waals surface area contributed by atoms with Crippen molar-refractivity contribution >= 4 is 16.9 Å². The lowest BCUT2D eigenvalue weighted by Crippen LogP contribution is -2.47. The maximum Gasteiger partial charge on any atom is 0.307 e. The number of fused-ring (bicyclic) bond motifs is 2. The fourth-order valence-corrected chi connectivity index (χ4v) is 4.80. The summed E-state index contributed by atoms with van der Waals surface area (Å²) in [6.45, 7) is 6.55. The van der Waals surface area contributed by atoms with E-state index >= 15 is 0 Å². The smallest absolute Gasteiger partial charge is 0.307 e. The molecule has 3 heterocycles. The van der Waals surface area contributed by atoms with Crippen LogP contribution in [0.25, 0.3) is 10.9 Å².